The zero-order chi connectivity index (χ0) is 15.0. The standard InChI is InChI=1S/C18H17FOS/c1-12-9-14-11-15(19)5-8-17(14)18(12)10-13-3-6-16(7-4-13)21(2)20/h3-9,11,18H,10H2,1-2H3. The molecule has 0 fully saturated rings. The number of fused-ring (bicyclic) bond motifs is 1. The SMILES string of the molecule is CC1=Cc2cc(F)ccc2C1Cc1ccc(S(C)=O)cc1. The predicted octanol–water partition coefficient (Wildman–Crippen LogP) is 4.31. The highest BCUT2D eigenvalue weighted by Gasteiger charge is 2.23. The first-order valence-corrected chi connectivity index (χ1v) is 8.50. The summed E-state index contributed by atoms with van der Waals surface area (Å²) in [5.41, 5.74) is 4.65. The van der Waals surface area contributed by atoms with Crippen molar-refractivity contribution in [3.8, 4) is 0 Å². The molecule has 2 atom stereocenters. The predicted molar refractivity (Wildman–Crippen MR) is 85.3 cm³/mol. The van der Waals surface area contributed by atoms with E-state index in [-0.39, 0.29) is 5.82 Å². The van der Waals surface area contributed by atoms with Crippen molar-refractivity contribution in [1.29, 1.82) is 0 Å². The molecular formula is C18H17FOS. The third-order valence-electron chi connectivity index (χ3n) is 4.05. The van der Waals surface area contributed by atoms with Crippen LogP contribution in [0.25, 0.3) is 6.08 Å². The van der Waals surface area contributed by atoms with Crippen LogP contribution in [-0.4, -0.2) is 10.5 Å². The molecule has 0 saturated heterocycles. The maximum atomic E-state index is 13.3. The van der Waals surface area contributed by atoms with Gasteiger partial charge in [0.05, 0.1) is 0 Å². The molecule has 0 amide bonds. The molecule has 0 bridgehead atoms. The first-order chi connectivity index (χ1) is 10.0. The molecular weight excluding hydrogens is 283 g/mol. The van der Waals surface area contributed by atoms with Gasteiger partial charge in [0.25, 0.3) is 0 Å². The van der Waals surface area contributed by atoms with Crippen LogP contribution in [0.2, 0.25) is 0 Å². The maximum Gasteiger partial charge on any atom is 0.123 e. The molecule has 21 heavy (non-hydrogen) atoms. The van der Waals surface area contributed by atoms with Crippen molar-refractivity contribution in [3.63, 3.8) is 0 Å². The Labute approximate surface area is 127 Å². The number of allylic oxidation sites excluding steroid dienone is 1. The Bertz CT molecular complexity index is 731. The van der Waals surface area contributed by atoms with Crippen LogP contribution >= 0.6 is 0 Å². The molecule has 1 aliphatic carbocycles. The van der Waals surface area contributed by atoms with Gasteiger partial charge in [-0.2, -0.15) is 0 Å². The molecule has 3 rings (SSSR count). The Morgan fingerprint density at radius 1 is 1.14 bits per heavy atom. The summed E-state index contributed by atoms with van der Waals surface area (Å²) < 4.78 is 24.7. The average molecular weight is 300 g/mol. The number of hydrogen-bond acceptors (Lipinski definition) is 1. The molecule has 1 aliphatic rings. The summed E-state index contributed by atoms with van der Waals surface area (Å²) in [5, 5.41) is 0. The Kier molecular flexibility index (Phi) is 3.77. The Morgan fingerprint density at radius 2 is 1.86 bits per heavy atom. The average Bonchev–Trinajstić information content (AvgIpc) is 2.75. The molecule has 1 nitrogen and oxygen atoms in total. The number of halogens is 1. The molecule has 0 heterocycles. The van der Waals surface area contributed by atoms with Gasteiger partial charge in [-0.05, 0) is 54.3 Å². The van der Waals surface area contributed by atoms with Crippen molar-refractivity contribution in [2.24, 2.45) is 0 Å². The van der Waals surface area contributed by atoms with Crippen molar-refractivity contribution in [1.82, 2.24) is 0 Å². The van der Waals surface area contributed by atoms with Crippen LogP contribution in [0.4, 0.5) is 4.39 Å². The second-order valence-electron chi connectivity index (χ2n) is 5.52. The van der Waals surface area contributed by atoms with Gasteiger partial charge in [-0.3, -0.25) is 4.21 Å². The van der Waals surface area contributed by atoms with Crippen molar-refractivity contribution in [2.75, 3.05) is 6.26 Å². The van der Waals surface area contributed by atoms with Gasteiger partial charge in [0.1, 0.15) is 5.82 Å². The van der Waals surface area contributed by atoms with Gasteiger partial charge in [-0.15, -0.1) is 0 Å². The Balaban J connectivity index is 1.86. The van der Waals surface area contributed by atoms with Crippen LogP contribution in [0.3, 0.4) is 0 Å². The molecule has 0 radical (unpaired) electrons. The third-order valence-corrected chi connectivity index (χ3v) is 4.99. The van der Waals surface area contributed by atoms with Gasteiger partial charge in [0.2, 0.25) is 0 Å². The van der Waals surface area contributed by atoms with Crippen LogP contribution in [0.15, 0.2) is 52.9 Å². The van der Waals surface area contributed by atoms with Crippen LogP contribution in [0.1, 0.15) is 29.5 Å². The van der Waals surface area contributed by atoms with Crippen LogP contribution in [0, 0.1) is 5.82 Å². The van der Waals surface area contributed by atoms with Crippen molar-refractivity contribution in [3.05, 3.63) is 70.5 Å². The van der Waals surface area contributed by atoms with Gasteiger partial charge in [0.15, 0.2) is 0 Å². The number of hydrogen-bond donors (Lipinski definition) is 0. The first-order valence-electron chi connectivity index (χ1n) is 6.94. The van der Waals surface area contributed by atoms with Crippen LogP contribution in [0.5, 0.6) is 0 Å². The second kappa shape index (κ2) is 5.57. The van der Waals surface area contributed by atoms with Gasteiger partial charge in [0, 0.05) is 27.9 Å². The zero-order valence-electron chi connectivity index (χ0n) is 12.1. The monoisotopic (exact) mass is 300 g/mol. The normalized spacial score (nSPS) is 18.2. The molecule has 108 valence electrons. The lowest BCUT2D eigenvalue weighted by atomic mass is 9.90. The van der Waals surface area contributed by atoms with Crippen molar-refractivity contribution >= 4 is 16.9 Å². The summed E-state index contributed by atoms with van der Waals surface area (Å²) in [6.45, 7) is 2.10. The lowest BCUT2D eigenvalue weighted by Crippen LogP contribution is -2.02. The van der Waals surface area contributed by atoms with E-state index in [1.165, 1.54) is 22.8 Å². The van der Waals surface area contributed by atoms with E-state index in [9.17, 15) is 8.60 Å². The molecule has 0 spiro atoms. The summed E-state index contributed by atoms with van der Waals surface area (Å²) in [7, 11) is -0.940. The zero-order valence-corrected chi connectivity index (χ0v) is 12.9. The fraction of sp³-hybridized carbons (Fsp3) is 0.222. The van der Waals surface area contributed by atoms with Gasteiger partial charge in [-0.1, -0.05) is 29.8 Å². The summed E-state index contributed by atoms with van der Waals surface area (Å²) in [6.07, 6.45) is 4.64. The van der Waals surface area contributed by atoms with Crippen molar-refractivity contribution in [2.45, 2.75) is 24.2 Å². The van der Waals surface area contributed by atoms with E-state index in [1.54, 1.807) is 12.3 Å². The molecule has 2 aromatic rings. The van der Waals surface area contributed by atoms with E-state index < -0.39 is 10.8 Å². The molecule has 2 aromatic carbocycles. The van der Waals surface area contributed by atoms with E-state index in [0.29, 0.717) is 5.92 Å². The Morgan fingerprint density at radius 3 is 2.52 bits per heavy atom. The maximum absolute atomic E-state index is 13.3. The highest BCUT2D eigenvalue weighted by molar-refractivity contribution is 7.84. The summed E-state index contributed by atoms with van der Waals surface area (Å²) in [6, 6.07) is 12.9. The molecule has 0 aliphatic heterocycles. The lowest BCUT2D eigenvalue weighted by Gasteiger charge is -2.15. The van der Waals surface area contributed by atoms with Crippen molar-refractivity contribution < 1.29 is 8.60 Å². The third kappa shape index (κ3) is 2.84. The topological polar surface area (TPSA) is 17.1 Å². The van der Waals surface area contributed by atoms with E-state index in [1.807, 2.05) is 30.3 Å². The fourth-order valence-electron chi connectivity index (χ4n) is 2.90. The van der Waals surface area contributed by atoms with E-state index in [2.05, 4.69) is 13.0 Å². The van der Waals surface area contributed by atoms with E-state index >= 15 is 0 Å². The molecule has 0 N–H and O–H groups in total. The molecule has 2 unspecified atom stereocenters. The molecule has 0 aromatic heterocycles. The molecule has 0 saturated carbocycles. The fourth-order valence-corrected chi connectivity index (χ4v) is 3.42. The van der Waals surface area contributed by atoms with E-state index in [0.717, 1.165) is 16.9 Å². The van der Waals surface area contributed by atoms with Gasteiger partial charge >= 0.3 is 0 Å². The van der Waals surface area contributed by atoms with Crippen LogP contribution < -0.4 is 0 Å². The first kappa shape index (κ1) is 14.2. The van der Waals surface area contributed by atoms with Gasteiger partial charge in [-0.25, -0.2) is 4.39 Å². The smallest absolute Gasteiger partial charge is 0.123 e. The Hall–Kier alpha value is -1.74. The highest BCUT2D eigenvalue weighted by Crippen LogP contribution is 2.38. The van der Waals surface area contributed by atoms with Gasteiger partial charge < -0.3 is 0 Å². The number of benzene rings is 2. The minimum Gasteiger partial charge on any atom is -0.255 e. The summed E-state index contributed by atoms with van der Waals surface area (Å²) in [5.74, 6) is 0.117. The lowest BCUT2D eigenvalue weighted by molar-refractivity contribution is 0.626. The highest BCUT2D eigenvalue weighted by atomic mass is 32.2. The molecule has 3 heteroatoms. The summed E-state index contributed by atoms with van der Waals surface area (Å²) >= 11 is 0. The number of rotatable bonds is 3. The minimum absolute atomic E-state index is 0.187. The largest absolute Gasteiger partial charge is 0.255 e. The summed E-state index contributed by atoms with van der Waals surface area (Å²) in [4.78, 5) is 0.847. The van der Waals surface area contributed by atoms with Crippen LogP contribution in [-0.2, 0) is 17.2 Å². The quantitative estimate of drug-likeness (QED) is 0.825. The minimum atomic E-state index is -0.940. The second-order valence-corrected chi connectivity index (χ2v) is 6.90. The van der Waals surface area contributed by atoms with E-state index in [4.69, 9.17) is 0 Å².